The van der Waals surface area contributed by atoms with Crippen molar-refractivity contribution >= 4 is 28.6 Å². The SMILES string of the molecule is COc1cc(CN(C(C)=O)C(=O)C(Cc2c[nH]c3ccccc23)NC(=O)CN2CCNCC2C2CCCCC2)cc(OC)c1OC. The summed E-state index contributed by atoms with van der Waals surface area (Å²) < 4.78 is 16.4. The zero-order valence-electron chi connectivity index (χ0n) is 27.4. The summed E-state index contributed by atoms with van der Waals surface area (Å²) in [6.45, 7) is 3.98. The van der Waals surface area contributed by atoms with Gasteiger partial charge in [-0.25, -0.2) is 0 Å². The zero-order chi connectivity index (χ0) is 32.6. The van der Waals surface area contributed by atoms with Crippen LogP contribution in [0.5, 0.6) is 17.2 Å². The molecule has 2 aliphatic rings. The van der Waals surface area contributed by atoms with E-state index < -0.39 is 17.9 Å². The van der Waals surface area contributed by atoms with Crippen molar-refractivity contribution in [2.45, 2.75) is 64.1 Å². The molecule has 1 aromatic heterocycles. The topological polar surface area (TPSA) is 125 Å². The van der Waals surface area contributed by atoms with Gasteiger partial charge in [0.25, 0.3) is 5.91 Å². The predicted octanol–water partition coefficient (Wildman–Crippen LogP) is 3.65. The molecule has 3 amide bonds. The number of H-pyrrole nitrogens is 1. The van der Waals surface area contributed by atoms with Gasteiger partial charge in [-0.05, 0) is 48.1 Å². The van der Waals surface area contributed by atoms with Crippen LogP contribution >= 0.6 is 0 Å². The lowest BCUT2D eigenvalue weighted by molar-refractivity contribution is -0.147. The minimum Gasteiger partial charge on any atom is -0.493 e. The van der Waals surface area contributed by atoms with Gasteiger partial charge in [-0.1, -0.05) is 37.5 Å². The van der Waals surface area contributed by atoms with E-state index in [9.17, 15) is 14.4 Å². The molecule has 1 saturated heterocycles. The number of fused-ring (bicyclic) bond motifs is 1. The highest BCUT2D eigenvalue weighted by atomic mass is 16.5. The largest absolute Gasteiger partial charge is 0.493 e. The van der Waals surface area contributed by atoms with Crippen molar-refractivity contribution in [3.8, 4) is 17.2 Å². The first kappa shape index (κ1) is 33.3. The molecule has 1 aliphatic carbocycles. The number of carbonyl (C=O) groups excluding carboxylic acids is 3. The van der Waals surface area contributed by atoms with Gasteiger partial charge in [-0.2, -0.15) is 0 Å². The first-order valence-electron chi connectivity index (χ1n) is 16.2. The molecule has 11 heteroatoms. The average molecular weight is 634 g/mol. The maximum absolute atomic E-state index is 14.3. The lowest BCUT2D eigenvalue weighted by atomic mass is 9.82. The number of methoxy groups -OCH3 is 3. The normalized spacial score (nSPS) is 18.1. The number of ether oxygens (including phenoxy) is 3. The molecule has 5 rings (SSSR count). The first-order chi connectivity index (χ1) is 22.3. The molecule has 11 nitrogen and oxygen atoms in total. The molecule has 0 radical (unpaired) electrons. The fourth-order valence-electron chi connectivity index (χ4n) is 7.03. The number of aromatic amines is 1. The molecule has 3 aromatic rings. The van der Waals surface area contributed by atoms with E-state index in [-0.39, 0.29) is 31.5 Å². The third-order valence-corrected chi connectivity index (χ3v) is 9.38. The summed E-state index contributed by atoms with van der Waals surface area (Å²) in [5.41, 5.74) is 2.44. The van der Waals surface area contributed by atoms with Gasteiger partial charge in [0.1, 0.15) is 6.04 Å². The Kier molecular flexibility index (Phi) is 11.2. The van der Waals surface area contributed by atoms with Crippen molar-refractivity contribution in [1.82, 2.24) is 25.4 Å². The van der Waals surface area contributed by atoms with Crippen LogP contribution in [0.25, 0.3) is 10.9 Å². The second kappa shape index (κ2) is 15.5. The number of amides is 3. The maximum atomic E-state index is 14.3. The zero-order valence-corrected chi connectivity index (χ0v) is 27.4. The van der Waals surface area contributed by atoms with E-state index in [0.29, 0.717) is 28.7 Å². The van der Waals surface area contributed by atoms with Crippen LogP contribution in [-0.2, 0) is 27.3 Å². The van der Waals surface area contributed by atoms with Crippen LogP contribution < -0.4 is 24.8 Å². The molecule has 1 saturated carbocycles. The van der Waals surface area contributed by atoms with Gasteiger partial charge < -0.3 is 29.8 Å². The van der Waals surface area contributed by atoms with Gasteiger partial charge in [0.05, 0.1) is 34.4 Å². The summed E-state index contributed by atoms with van der Waals surface area (Å²) >= 11 is 0. The highest BCUT2D eigenvalue weighted by Crippen LogP contribution is 2.38. The van der Waals surface area contributed by atoms with Crippen molar-refractivity contribution in [3.63, 3.8) is 0 Å². The standard InChI is InChI=1S/C35H47N5O6/c1-23(41)40(21-24-16-31(44-2)34(46-4)32(17-24)45-3)35(43)29(18-26-19-37-28-13-9-8-12-27(26)28)38-33(42)22-39-15-14-36-20-30(39)25-10-6-5-7-11-25/h8-9,12-13,16-17,19,25,29-30,36-37H,5-7,10-11,14-15,18,20-22H2,1-4H3,(H,38,42). The molecule has 2 heterocycles. The van der Waals surface area contributed by atoms with Crippen LogP contribution in [-0.4, -0.2) is 92.1 Å². The van der Waals surface area contributed by atoms with Gasteiger partial charge >= 0.3 is 0 Å². The first-order valence-corrected chi connectivity index (χ1v) is 16.2. The Labute approximate surface area is 270 Å². The number of para-hydroxylation sites is 1. The Balaban J connectivity index is 1.40. The van der Waals surface area contributed by atoms with E-state index >= 15 is 0 Å². The number of nitrogens with zero attached hydrogens (tertiary/aromatic N) is 2. The maximum Gasteiger partial charge on any atom is 0.252 e. The minimum atomic E-state index is -0.964. The Hall–Kier alpha value is -4.09. The summed E-state index contributed by atoms with van der Waals surface area (Å²) in [4.78, 5) is 47.8. The lowest BCUT2D eigenvalue weighted by Gasteiger charge is -2.42. The molecule has 46 heavy (non-hydrogen) atoms. The molecular weight excluding hydrogens is 586 g/mol. The van der Waals surface area contributed by atoms with Crippen LogP contribution in [0, 0.1) is 5.92 Å². The molecule has 0 bridgehead atoms. The van der Waals surface area contributed by atoms with Crippen molar-refractivity contribution in [1.29, 1.82) is 0 Å². The number of hydrogen-bond donors (Lipinski definition) is 3. The van der Waals surface area contributed by atoms with E-state index in [1.807, 2.05) is 30.5 Å². The predicted molar refractivity (Wildman–Crippen MR) is 176 cm³/mol. The van der Waals surface area contributed by atoms with E-state index in [4.69, 9.17) is 14.2 Å². The second-order valence-electron chi connectivity index (χ2n) is 12.3. The summed E-state index contributed by atoms with van der Waals surface area (Å²) in [7, 11) is 4.54. The van der Waals surface area contributed by atoms with Crippen LogP contribution in [0.3, 0.4) is 0 Å². The van der Waals surface area contributed by atoms with Gasteiger partial charge in [-0.15, -0.1) is 0 Å². The summed E-state index contributed by atoms with van der Waals surface area (Å²) in [5.74, 6) is 0.667. The Morgan fingerprint density at radius 3 is 2.41 bits per heavy atom. The average Bonchev–Trinajstić information content (AvgIpc) is 3.49. The number of hydrogen-bond acceptors (Lipinski definition) is 8. The molecule has 1 aliphatic heterocycles. The van der Waals surface area contributed by atoms with E-state index in [1.165, 1.54) is 65.3 Å². The Morgan fingerprint density at radius 2 is 1.74 bits per heavy atom. The number of benzene rings is 2. The third kappa shape index (κ3) is 7.64. The molecule has 248 valence electrons. The number of rotatable bonds is 12. The molecule has 2 atom stereocenters. The lowest BCUT2D eigenvalue weighted by Crippen LogP contribution is -2.58. The van der Waals surface area contributed by atoms with Crippen LogP contribution in [0.2, 0.25) is 0 Å². The minimum absolute atomic E-state index is 0.0350. The number of carbonyl (C=O) groups is 3. The van der Waals surface area contributed by atoms with Gasteiger partial charge in [0, 0.05) is 56.1 Å². The summed E-state index contributed by atoms with van der Waals surface area (Å²) in [5, 5.41) is 7.53. The van der Waals surface area contributed by atoms with Crippen LogP contribution in [0.4, 0.5) is 0 Å². The van der Waals surface area contributed by atoms with Gasteiger partial charge in [0.2, 0.25) is 17.6 Å². The van der Waals surface area contributed by atoms with E-state index in [1.54, 1.807) is 12.1 Å². The third-order valence-electron chi connectivity index (χ3n) is 9.38. The smallest absolute Gasteiger partial charge is 0.252 e. The number of imide groups is 1. The molecule has 0 spiro atoms. The second-order valence-corrected chi connectivity index (χ2v) is 12.3. The quantitative estimate of drug-likeness (QED) is 0.276. The summed E-state index contributed by atoms with van der Waals surface area (Å²) in [6, 6.07) is 10.6. The Morgan fingerprint density at radius 1 is 1.02 bits per heavy atom. The monoisotopic (exact) mass is 633 g/mol. The molecule has 3 N–H and O–H groups in total. The molecule has 2 fully saturated rings. The van der Waals surface area contributed by atoms with Crippen molar-refractivity contribution in [2.24, 2.45) is 5.92 Å². The van der Waals surface area contributed by atoms with Gasteiger partial charge in [0.15, 0.2) is 11.5 Å². The van der Waals surface area contributed by atoms with Crippen LogP contribution in [0.1, 0.15) is 50.2 Å². The van der Waals surface area contributed by atoms with E-state index in [2.05, 4.69) is 20.5 Å². The number of nitrogens with one attached hydrogen (secondary N) is 3. The fraction of sp³-hybridized carbons (Fsp3) is 0.514. The van der Waals surface area contributed by atoms with Crippen molar-refractivity contribution < 1.29 is 28.6 Å². The molecule has 2 unspecified atom stereocenters. The van der Waals surface area contributed by atoms with Crippen LogP contribution in [0.15, 0.2) is 42.6 Å². The Bertz CT molecular complexity index is 1490. The molecule has 2 aromatic carbocycles. The highest BCUT2D eigenvalue weighted by Gasteiger charge is 2.34. The highest BCUT2D eigenvalue weighted by molar-refractivity contribution is 5.99. The number of aromatic nitrogens is 1. The number of piperazine rings is 1. The van der Waals surface area contributed by atoms with Gasteiger partial charge in [-0.3, -0.25) is 24.2 Å². The van der Waals surface area contributed by atoms with E-state index in [0.717, 1.165) is 36.1 Å². The van der Waals surface area contributed by atoms with Crippen molar-refractivity contribution in [2.75, 3.05) is 47.5 Å². The molecular formula is C35H47N5O6. The fourth-order valence-corrected chi connectivity index (χ4v) is 7.03. The van der Waals surface area contributed by atoms with Crippen molar-refractivity contribution in [3.05, 3.63) is 53.7 Å². The summed E-state index contributed by atoms with van der Waals surface area (Å²) in [6.07, 6.45) is 8.19.